The molecule has 0 aliphatic heterocycles. The molecule has 0 saturated carbocycles. The third-order valence-electron chi connectivity index (χ3n) is 4.92. The second kappa shape index (κ2) is 8.30. The third kappa shape index (κ3) is 4.39. The summed E-state index contributed by atoms with van der Waals surface area (Å²) in [6, 6.07) is 9.05. The predicted molar refractivity (Wildman–Crippen MR) is 118 cm³/mol. The van der Waals surface area contributed by atoms with Gasteiger partial charge in [0, 0.05) is 46.5 Å². The van der Waals surface area contributed by atoms with Crippen LogP contribution in [0, 0.1) is 6.92 Å². The molecule has 5 nitrogen and oxygen atoms in total. The van der Waals surface area contributed by atoms with Crippen molar-refractivity contribution in [2.75, 3.05) is 5.32 Å². The molecule has 2 N–H and O–H groups in total. The summed E-state index contributed by atoms with van der Waals surface area (Å²) in [6.07, 6.45) is 3.21. The van der Waals surface area contributed by atoms with Gasteiger partial charge in [0.1, 0.15) is 5.65 Å². The topological polar surface area (TPSA) is 70.7 Å². The molecule has 0 fully saturated rings. The molecule has 0 aliphatic rings. The summed E-state index contributed by atoms with van der Waals surface area (Å²) in [5.41, 5.74) is 3.24. The number of aromatic amines is 1. The molecule has 0 atom stereocenters. The molecule has 8 heteroatoms. The molecule has 3 heterocycles. The lowest BCUT2D eigenvalue weighted by Crippen LogP contribution is -2.11. The monoisotopic (exact) mass is 436 g/mol. The fraction of sp³-hybridized carbons (Fsp3) is 0.125. The van der Waals surface area contributed by atoms with Crippen LogP contribution >= 0.6 is 0 Å². The van der Waals surface area contributed by atoms with E-state index in [9.17, 15) is 18.0 Å². The molecular weight excluding hydrogens is 417 g/mol. The van der Waals surface area contributed by atoms with Crippen LogP contribution < -0.4 is 5.32 Å². The van der Waals surface area contributed by atoms with Crippen LogP contribution in [0.1, 0.15) is 18.2 Å². The zero-order chi connectivity index (χ0) is 22.9. The average Bonchev–Trinajstić information content (AvgIpc) is 3.16. The Labute approximate surface area is 182 Å². The number of carbonyl (C=O) groups is 1. The van der Waals surface area contributed by atoms with E-state index in [-0.39, 0.29) is 5.69 Å². The number of rotatable bonds is 4. The van der Waals surface area contributed by atoms with Crippen LogP contribution in [0.25, 0.3) is 33.3 Å². The maximum atomic E-state index is 13.5. The molecule has 4 aromatic rings. The fourth-order valence-corrected chi connectivity index (χ4v) is 3.48. The number of nitrogens with one attached hydrogen (secondary N) is 2. The number of aromatic nitrogens is 3. The van der Waals surface area contributed by atoms with Gasteiger partial charge in [-0.1, -0.05) is 6.08 Å². The van der Waals surface area contributed by atoms with Crippen LogP contribution in [0.2, 0.25) is 0 Å². The van der Waals surface area contributed by atoms with Gasteiger partial charge in [0.15, 0.2) is 0 Å². The van der Waals surface area contributed by atoms with E-state index in [1.807, 2.05) is 25.3 Å². The van der Waals surface area contributed by atoms with Gasteiger partial charge in [0.2, 0.25) is 5.91 Å². The van der Waals surface area contributed by atoms with Crippen molar-refractivity contribution in [3.63, 3.8) is 0 Å². The molecule has 3 aromatic heterocycles. The van der Waals surface area contributed by atoms with E-state index in [0.717, 1.165) is 34.3 Å². The van der Waals surface area contributed by atoms with Crippen LogP contribution in [0.15, 0.2) is 67.1 Å². The zero-order valence-electron chi connectivity index (χ0n) is 17.3. The van der Waals surface area contributed by atoms with Crippen molar-refractivity contribution in [1.82, 2.24) is 15.0 Å². The van der Waals surface area contributed by atoms with E-state index in [4.69, 9.17) is 0 Å². The number of aryl methyl sites for hydroxylation is 1. The second-order valence-electron chi connectivity index (χ2n) is 7.29. The number of pyridine rings is 2. The predicted octanol–water partition coefficient (Wildman–Crippen LogP) is 6.13. The van der Waals surface area contributed by atoms with Gasteiger partial charge >= 0.3 is 6.18 Å². The first-order chi connectivity index (χ1) is 15.2. The van der Waals surface area contributed by atoms with Crippen molar-refractivity contribution >= 4 is 22.6 Å². The highest BCUT2D eigenvalue weighted by Gasteiger charge is 2.31. The molecule has 4 rings (SSSR count). The number of fused-ring (bicyclic) bond motifs is 1. The van der Waals surface area contributed by atoms with E-state index in [1.54, 1.807) is 19.2 Å². The first-order valence-electron chi connectivity index (χ1n) is 9.81. The SMILES string of the molecule is CC=CC(=O)Nc1cc(-c2cnc3[nH]cc(-c4ccnc(C)c4)c3c2)cc(C(F)(F)F)c1. The van der Waals surface area contributed by atoms with E-state index >= 15 is 0 Å². The van der Waals surface area contributed by atoms with Gasteiger partial charge in [0.05, 0.1) is 5.56 Å². The van der Waals surface area contributed by atoms with Crippen LogP contribution in [-0.2, 0) is 11.0 Å². The van der Waals surface area contributed by atoms with Gasteiger partial charge in [-0.25, -0.2) is 4.98 Å². The molecule has 0 bridgehead atoms. The Morgan fingerprint density at radius 1 is 1.06 bits per heavy atom. The Balaban J connectivity index is 1.84. The lowest BCUT2D eigenvalue weighted by atomic mass is 10.00. The zero-order valence-corrected chi connectivity index (χ0v) is 17.3. The summed E-state index contributed by atoms with van der Waals surface area (Å²) in [5, 5.41) is 3.25. The highest BCUT2D eigenvalue weighted by Crippen LogP contribution is 2.36. The first-order valence-corrected chi connectivity index (χ1v) is 9.81. The normalized spacial score (nSPS) is 11.9. The Morgan fingerprint density at radius 2 is 1.88 bits per heavy atom. The summed E-state index contributed by atoms with van der Waals surface area (Å²) in [4.78, 5) is 23.6. The van der Waals surface area contributed by atoms with Crippen molar-refractivity contribution in [2.24, 2.45) is 0 Å². The Morgan fingerprint density at radius 3 is 2.59 bits per heavy atom. The minimum absolute atomic E-state index is 0.0528. The number of hydrogen-bond donors (Lipinski definition) is 2. The lowest BCUT2D eigenvalue weighted by molar-refractivity contribution is -0.137. The van der Waals surface area contributed by atoms with Crippen LogP contribution in [0.4, 0.5) is 18.9 Å². The number of nitrogens with zero attached hydrogens (tertiary/aromatic N) is 2. The number of halogens is 3. The second-order valence-corrected chi connectivity index (χ2v) is 7.29. The lowest BCUT2D eigenvalue weighted by Gasteiger charge is -2.13. The van der Waals surface area contributed by atoms with Gasteiger partial charge < -0.3 is 10.3 Å². The Bertz CT molecular complexity index is 1340. The third-order valence-corrected chi connectivity index (χ3v) is 4.92. The molecule has 0 aliphatic carbocycles. The van der Waals surface area contributed by atoms with E-state index in [2.05, 4.69) is 20.3 Å². The van der Waals surface area contributed by atoms with E-state index in [1.165, 1.54) is 24.4 Å². The molecular formula is C24H19F3N4O. The smallest absolute Gasteiger partial charge is 0.346 e. The standard InChI is InChI=1S/C24H19F3N4O/c1-3-4-22(32)31-19-9-16(8-18(11-19)24(25,26)27)17-10-20-21(13-30-23(20)29-12-17)15-5-6-28-14(2)7-15/h3-13H,1-2H3,(H,29,30)(H,31,32). The summed E-state index contributed by atoms with van der Waals surface area (Å²) in [6.45, 7) is 3.53. The molecule has 0 spiro atoms. The van der Waals surface area contributed by atoms with Gasteiger partial charge in [-0.2, -0.15) is 13.2 Å². The van der Waals surface area contributed by atoms with Crippen LogP contribution in [0.3, 0.4) is 0 Å². The largest absolute Gasteiger partial charge is 0.416 e. The molecule has 1 aromatic carbocycles. The van der Waals surface area contributed by atoms with Crippen molar-refractivity contribution in [3.8, 4) is 22.3 Å². The summed E-state index contributed by atoms with van der Waals surface area (Å²) in [5.74, 6) is -0.507. The van der Waals surface area contributed by atoms with Crippen molar-refractivity contribution in [1.29, 1.82) is 0 Å². The molecule has 0 saturated heterocycles. The van der Waals surface area contributed by atoms with Gasteiger partial charge in [0.25, 0.3) is 0 Å². The van der Waals surface area contributed by atoms with Crippen molar-refractivity contribution in [3.05, 3.63) is 78.4 Å². The first kappa shape index (κ1) is 21.3. The Kier molecular flexibility index (Phi) is 5.52. The van der Waals surface area contributed by atoms with Crippen molar-refractivity contribution in [2.45, 2.75) is 20.0 Å². The van der Waals surface area contributed by atoms with Crippen molar-refractivity contribution < 1.29 is 18.0 Å². The van der Waals surface area contributed by atoms with Crippen LogP contribution in [-0.4, -0.2) is 20.9 Å². The number of carbonyl (C=O) groups excluding carboxylic acids is 1. The quantitative estimate of drug-likeness (QED) is 0.378. The fourth-order valence-electron chi connectivity index (χ4n) is 3.48. The molecule has 162 valence electrons. The van der Waals surface area contributed by atoms with E-state index < -0.39 is 17.6 Å². The maximum Gasteiger partial charge on any atom is 0.416 e. The number of H-pyrrole nitrogens is 1. The minimum atomic E-state index is -4.57. The molecule has 0 radical (unpaired) electrons. The highest BCUT2D eigenvalue weighted by molar-refractivity contribution is 6.00. The number of alkyl halides is 3. The number of amides is 1. The van der Waals surface area contributed by atoms with E-state index in [0.29, 0.717) is 16.8 Å². The molecule has 1 amide bonds. The summed E-state index contributed by atoms with van der Waals surface area (Å²) < 4.78 is 40.6. The maximum absolute atomic E-state index is 13.5. The summed E-state index contributed by atoms with van der Waals surface area (Å²) >= 11 is 0. The molecule has 0 unspecified atom stereocenters. The average molecular weight is 436 g/mol. The molecule has 32 heavy (non-hydrogen) atoms. The number of benzene rings is 1. The minimum Gasteiger partial charge on any atom is -0.346 e. The summed E-state index contributed by atoms with van der Waals surface area (Å²) in [7, 11) is 0. The van der Waals surface area contributed by atoms with Crippen LogP contribution in [0.5, 0.6) is 0 Å². The van der Waals surface area contributed by atoms with Gasteiger partial charge in [-0.05, 0) is 67.4 Å². The van der Waals surface area contributed by atoms with Gasteiger partial charge in [-0.3, -0.25) is 9.78 Å². The van der Waals surface area contributed by atoms with Gasteiger partial charge in [-0.15, -0.1) is 0 Å². The highest BCUT2D eigenvalue weighted by atomic mass is 19.4. The number of anilines is 1. The number of hydrogen-bond acceptors (Lipinski definition) is 3. The number of allylic oxidation sites excluding steroid dienone is 1. The Hall–Kier alpha value is -3.94.